The van der Waals surface area contributed by atoms with Crippen molar-refractivity contribution in [3.05, 3.63) is 48.3 Å². The van der Waals surface area contributed by atoms with E-state index in [4.69, 9.17) is 21.1 Å². The number of aromatic nitrogens is 2. The molecule has 0 fully saturated rings. The third-order valence-corrected chi connectivity index (χ3v) is 5.09. The van der Waals surface area contributed by atoms with Gasteiger partial charge < -0.3 is 9.47 Å². The second kappa shape index (κ2) is 9.67. The molecule has 0 amide bonds. The van der Waals surface area contributed by atoms with E-state index >= 15 is 0 Å². The smallest absolute Gasteiger partial charge is 0.234 e. The van der Waals surface area contributed by atoms with E-state index in [-0.39, 0.29) is 0 Å². The van der Waals surface area contributed by atoms with Crippen LogP contribution in [0.15, 0.2) is 42.7 Å². The van der Waals surface area contributed by atoms with Crippen LogP contribution in [-0.2, 0) is 5.75 Å². The number of fused-ring (bicyclic) bond motifs is 1. The highest BCUT2D eigenvalue weighted by molar-refractivity contribution is 7.98. The molecule has 3 rings (SSSR count). The van der Waals surface area contributed by atoms with Crippen molar-refractivity contribution >= 4 is 45.8 Å². The van der Waals surface area contributed by atoms with E-state index in [0.29, 0.717) is 24.0 Å². The Labute approximate surface area is 168 Å². The lowest BCUT2D eigenvalue weighted by Gasteiger charge is -2.11. The monoisotopic (exact) mass is 404 g/mol. The summed E-state index contributed by atoms with van der Waals surface area (Å²) in [6, 6.07) is 12.2. The van der Waals surface area contributed by atoms with Crippen LogP contribution in [0.4, 0.5) is 11.5 Å². The molecule has 0 atom stereocenters. The molecule has 1 heterocycles. The summed E-state index contributed by atoms with van der Waals surface area (Å²) < 4.78 is 11.1. The van der Waals surface area contributed by atoms with Gasteiger partial charge in [0.2, 0.25) is 12.1 Å². The van der Waals surface area contributed by atoms with Gasteiger partial charge in [-0.3, -0.25) is 5.32 Å². The number of nitrogens with zero attached hydrogens (tertiary/aromatic N) is 1. The first-order chi connectivity index (χ1) is 13.2. The number of H-pyrrole nitrogens is 1. The molecule has 7 heteroatoms. The number of ether oxygens (including phenoxy) is 2. The van der Waals surface area contributed by atoms with Crippen molar-refractivity contribution in [1.82, 2.24) is 4.98 Å². The van der Waals surface area contributed by atoms with Crippen molar-refractivity contribution in [2.24, 2.45) is 0 Å². The SMILES string of the molecule is CCSCc1ccc(Nc2[nH+]cnc3cc(OCCCl)c(OC)cc23)cc1. The van der Waals surface area contributed by atoms with Crippen molar-refractivity contribution in [3.63, 3.8) is 0 Å². The Balaban J connectivity index is 1.88. The predicted octanol–water partition coefficient (Wildman–Crippen LogP) is 4.67. The van der Waals surface area contributed by atoms with Crippen LogP contribution in [0.2, 0.25) is 0 Å². The lowest BCUT2D eigenvalue weighted by molar-refractivity contribution is -0.363. The maximum atomic E-state index is 5.72. The summed E-state index contributed by atoms with van der Waals surface area (Å²) >= 11 is 7.64. The highest BCUT2D eigenvalue weighted by Gasteiger charge is 2.15. The molecule has 5 nitrogen and oxygen atoms in total. The molecule has 0 spiro atoms. The van der Waals surface area contributed by atoms with E-state index in [1.807, 2.05) is 23.9 Å². The largest absolute Gasteiger partial charge is 0.493 e. The van der Waals surface area contributed by atoms with Crippen LogP contribution < -0.4 is 19.8 Å². The van der Waals surface area contributed by atoms with Gasteiger partial charge in [-0.15, -0.1) is 16.6 Å². The topological polar surface area (TPSA) is 57.5 Å². The van der Waals surface area contributed by atoms with Gasteiger partial charge in [-0.25, -0.2) is 4.98 Å². The first-order valence-corrected chi connectivity index (χ1v) is 10.4. The number of alkyl halides is 1. The number of halogens is 1. The standard InChI is InChI=1S/C20H22ClN3O2S/c1-3-27-12-14-4-6-15(7-5-14)24-20-16-10-18(25-2)19(26-9-8-21)11-17(16)22-13-23-20/h4-7,10-11,13H,3,8-9,12H2,1-2H3,(H,22,23,24)/p+1. The first kappa shape index (κ1) is 19.6. The van der Waals surface area contributed by atoms with Gasteiger partial charge in [-0.1, -0.05) is 19.1 Å². The molecule has 0 bridgehead atoms. The Bertz CT molecular complexity index is 890. The molecule has 2 aromatic carbocycles. The predicted molar refractivity (Wildman–Crippen MR) is 113 cm³/mol. The zero-order valence-corrected chi connectivity index (χ0v) is 17.0. The van der Waals surface area contributed by atoms with Gasteiger partial charge in [-0.05, 0) is 23.4 Å². The molecular weight excluding hydrogens is 382 g/mol. The van der Waals surface area contributed by atoms with Gasteiger partial charge in [0.05, 0.1) is 24.1 Å². The molecule has 0 saturated heterocycles. The van der Waals surface area contributed by atoms with Crippen molar-refractivity contribution in [1.29, 1.82) is 0 Å². The van der Waals surface area contributed by atoms with Crippen molar-refractivity contribution in [2.45, 2.75) is 12.7 Å². The number of hydrogen-bond donors (Lipinski definition) is 1. The number of aromatic amines is 1. The van der Waals surface area contributed by atoms with Crippen LogP contribution in [0.25, 0.3) is 10.9 Å². The molecule has 0 aliphatic rings. The molecule has 0 saturated carbocycles. The van der Waals surface area contributed by atoms with Crippen molar-refractivity contribution < 1.29 is 14.5 Å². The molecule has 142 valence electrons. The second-order valence-electron chi connectivity index (χ2n) is 5.79. The molecule has 0 aliphatic carbocycles. The Morgan fingerprint density at radius 3 is 2.70 bits per heavy atom. The Hall–Kier alpha value is -2.18. The lowest BCUT2D eigenvalue weighted by atomic mass is 10.2. The van der Waals surface area contributed by atoms with Gasteiger partial charge >= 0.3 is 0 Å². The maximum absolute atomic E-state index is 5.72. The zero-order valence-electron chi connectivity index (χ0n) is 15.4. The summed E-state index contributed by atoms with van der Waals surface area (Å²) in [5, 5.41) is 4.34. The molecule has 0 radical (unpaired) electrons. The Morgan fingerprint density at radius 1 is 1.19 bits per heavy atom. The van der Waals surface area contributed by atoms with E-state index in [9.17, 15) is 0 Å². The quantitative estimate of drug-likeness (QED) is 0.525. The van der Waals surface area contributed by atoms with Gasteiger partial charge in [0.15, 0.2) is 17.0 Å². The molecule has 0 aliphatic heterocycles. The van der Waals surface area contributed by atoms with Gasteiger partial charge in [0, 0.05) is 17.9 Å². The van der Waals surface area contributed by atoms with E-state index < -0.39 is 0 Å². The third kappa shape index (κ3) is 4.96. The molecule has 27 heavy (non-hydrogen) atoms. The molecule has 2 N–H and O–H groups in total. The number of hydrogen-bond acceptors (Lipinski definition) is 5. The number of methoxy groups -OCH3 is 1. The second-order valence-corrected chi connectivity index (χ2v) is 7.45. The molecule has 3 aromatic rings. The summed E-state index contributed by atoms with van der Waals surface area (Å²) in [4.78, 5) is 7.59. The Kier molecular flexibility index (Phi) is 7.01. The highest BCUT2D eigenvalue weighted by atomic mass is 35.5. The minimum atomic E-state index is 0.413. The van der Waals surface area contributed by atoms with Crippen LogP contribution >= 0.6 is 23.4 Å². The van der Waals surface area contributed by atoms with Gasteiger partial charge in [-0.2, -0.15) is 11.8 Å². The normalized spacial score (nSPS) is 10.8. The number of rotatable bonds is 9. The molecule has 1 aromatic heterocycles. The maximum Gasteiger partial charge on any atom is 0.234 e. The van der Waals surface area contributed by atoms with Crippen LogP contribution in [0, 0.1) is 0 Å². The van der Waals surface area contributed by atoms with Gasteiger partial charge in [0.25, 0.3) is 0 Å². The summed E-state index contributed by atoms with van der Waals surface area (Å²) in [5.41, 5.74) is 3.13. The highest BCUT2D eigenvalue weighted by Crippen LogP contribution is 2.34. The van der Waals surface area contributed by atoms with E-state index in [1.165, 1.54) is 5.56 Å². The number of anilines is 2. The molecular formula is C20H23ClN3O2S+. The lowest BCUT2D eigenvalue weighted by Crippen LogP contribution is -2.11. The minimum Gasteiger partial charge on any atom is -0.493 e. The van der Waals surface area contributed by atoms with Crippen LogP contribution in [-0.4, -0.2) is 30.3 Å². The Morgan fingerprint density at radius 2 is 2.00 bits per heavy atom. The zero-order chi connectivity index (χ0) is 19.1. The van der Waals surface area contributed by atoms with Gasteiger partial charge in [0.1, 0.15) is 6.61 Å². The average Bonchev–Trinajstić information content (AvgIpc) is 2.71. The van der Waals surface area contributed by atoms with Crippen molar-refractivity contribution in [2.75, 3.05) is 30.7 Å². The third-order valence-electron chi connectivity index (χ3n) is 3.99. The van der Waals surface area contributed by atoms with Crippen LogP contribution in [0.5, 0.6) is 11.5 Å². The first-order valence-electron chi connectivity index (χ1n) is 8.76. The summed E-state index contributed by atoms with van der Waals surface area (Å²) in [6.45, 7) is 2.58. The van der Waals surface area contributed by atoms with Crippen LogP contribution in [0.3, 0.4) is 0 Å². The van der Waals surface area contributed by atoms with E-state index in [2.05, 4.69) is 46.5 Å². The summed E-state index contributed by atoms with van der Waals surface area (Å²) in [5.74, 6) is 4.69. The van der Waals surface area contributed by atoms with Crippen molar-refractivity contribution in [3.8, 4) is 11.5 Å². The summed E-state index contributed by atoms with van der Waals surface area (Å²) in [7, 11) is 1.62. The fraction of sp³-hybridized carbons (Fsp3) is 0.300. The van der Waals surface area contributed by atoms with Crippen LogP contribution in [0.1, 0.15) is 12.5 Å². The number of benzene rings is 2. The van der Waals surface area contributed by atoms with E-state index in [1.54, 1.807) is 13.4 Å². The fourth-order valence-corrected chi connectivity index (χ4v) is 3.38. The number of nitrogens with one attached hydrogen (secondary N) is 2. The summed E-state index contributed by atoms with van der Waals surface area (Å²) in [6.07, 6.45) is 1.66. The average molecular weight is 405 g/mol. The fourth-order valence-electron chi connectivity index (χ4n) is 2.67. The number of thioether (sulfide) groups is 1. The minimum absolute atomic E-state index is 0.413. The molecule has 0 unspecified atom stereocenters. The van der Waals surface area contributed by atoms with E-state index in [0.717, 1.165) is 33.9 Å².